The van der Waals surface area contributed by atoms with Crippen LogP contribution in [-0.2, 0) is 14.4 Å². The fraction of sp³-hybridized carbons (Fsp3) is 0.526. The molecule has 7 heteroatoms. The second-order valence-electron chi connectivity index (χ2n) is 6.71. The first-order valence-corrected chi connectivity index (χ1v) is 9.14. The van der Waals surface area contributed by atoms with Crippen molar-refractivity contribution < 1.29 is 19.1 Å². The summed E-state index contributed by atoms with van der Waals surface area (Å²) in [7, 11) is 1.56. The van der Waals surface area contributed by atoms with Crippen LogP contribution in [0.15, 0.2) is 18.2 Å². The zero-order valence-corrected chi connectivity index (χ0v) is 15.1. The van der Waals surface area contributed by atoms with Gasteiger partial charge in [0, 0.05) is 31.6 Å². The van der Waals surface area contributed by atoms with Crippen LogP contribution in [0.25, 0.3) is 0 Å². The highest BCUT2D eigenvalue weighted by Gasteiger charge is 2.25. The van der Waals surface area contributed by atoms with Crippen LogP contribution in [0.3, 0.4) is 0 Å². The standard InChI is InChI=1S/C19H25N3O4/c1-26-16-9-8-14(12-15(16)22-11-5-7-19(22)25)20-17(23)13-21-10-4-2-3-6-18(21)24/h8-9,12H,2-7,10-11,13H2,1H3,(H,20,23). The monoisotopic (exact) mass is 359 g/mol. The van der Waals surface area contributed by atoms with Crippen molar-refractivity contribution >= 4 is 29.1 Å². The van der Waals surface area contributed by atoms with Gasteiger partial charge in [-0.2, -0.15) is 0 Å². The van der Waals surface area contributed by atoms with Gasteiger partial charge in [0.05, 0.1) is 19.3 Å². The van der Waals surface area contributed by atoms with Gasteiger partial charge in [0.15, 0.2) is 0 Å². The quantitative estimate of drug-likeness (QED) is 0.874. The van der Waals surface area contributed by atoms with Crippen molar-refractivity contribution in [3.05, 3.63) is 18.2 Å². The van der Waals surface area contributed by atoms with Crippen molar-refractivity contribution in [1.82, 2.24) is 4.90 Å². The molecule has 2 aliphatic rings. The lowest BCUT2D eigenvalue weighted by molar-refractivity contribution is -0.134. The highest BCUT2D eigenvalue weighted by atomic mass is 16.5. The molecule has 1 aromatic rings. The largest absolute Gasteiger partial charge is 0.495 e. The molecule has 0 bridgehead atoms. The van der Waals surface area contributed by atoms with Gasteiger partial charge in [-0.1, -0.05) is 6.42 Å². The molecule has 1 N–H and O–H groups in total. The average Bonchev–Trinajstić information content (AvgIpc) is 2.95. The lowest BCUT2D eigenvalue weighted by atomic mass is 10.2. The maximum atomic E-state index is 12.4. The zero-order chi connectivity index (χ0) is 18.5. The third kappa shape index (κ3) is 4.15. The summed E-state index contributed by atoms with van der Waals surface area (Å²) in [5.74, 6) is 0.461. The molecule has 140 valence electrons. The molecule has 2 heterocycles. The molecule has 2 aliphatic heterocycles. The van der Waals surface area contributed by atoms with Gasteiger partial charge in [-0.15, -0.1) is 0 Å². The Hall–Kier alpha value is -2.57. The van der Waals surface area contributed by atoms with E-state index in [2.05, 4.69) is 5.32 Å². The molecule has 7 nitrogen and oxygen atoms in total. The Bertz CT molecular complexity index is 704. The number of benzene rings is 1. The topological polar surface area (TPSA) is 79.0 Å². The molecule has 26 heavy (non-hydrogen) atoms. The number of likely N-dealkylation sites (tertiary alicyclic amines) is 1. The van der Waals surface area contributed by atoms with E-state index >= 15 is 0 Å². The van der Waals surface area contributed by atoms with Crippen molar-refractivity contribution in [2.75, 3.05) is 37.0 Å². The van der Waals surface area contributed by atoms with Gasteiger partial charge < -0.3 is 19.9 Å². The number of rotatable bonds is 5. The minimum absolute atomic E-state index is 0.0377. The Balaban J connectivity index is 1.70. The highest BCUT2D eigenvalue weighted by Crippen LogP contribution is 2.34. The Morgan fingerprint density at radius 2 is 1.88 bits per heavy atom. The Kier molecular flexibility index (Phi) is 5.75. The third-order valence-corrected chi connectivity index (χ3v) is 4.83. The van der Waals surface area contributed by atoms with Crippen LogP contribution in [0.4, 0.5) is 11.4 Å². The van der Waals surface area contributed by atoms with Gasteiger partial charge in [0.25, 0.3) is 0 Å². The fourth-order valence-electron chi connectivity index (χ4n) is 3.46. The molecule has 0 saturated carbocycles. The number of anilines is 2. The molecule has 0 unspecified atom stereocenters. The summed E-state index contributed by atoms with van der Waals surface area (Å²) >= 11 is 0. The normalized spacial score (nSPS) is 18.0. The first-order chi connectivity index (χ1) is 12.6. The summed E-state index contributed by atoms with van der Waals surface area (Å²) in [6.45, 7) is 1.33. The summed E-state index contributed by atoms with van der Waals surface area (Å²) in [4.78, 5) is 39.8. The van der Waals surface area contributed by atoms with Crippen LogP contribution in [0.1, 0.15) is 38.5 Å². The molecule has 0 spiro atoms. The molecule has 2 fully saturated rings. The minimum Gasteiger partial charge on any atom is -0.495 e. The molecule has 0 aromatic heterocycles. The zero-order valence-electron chi connectivity index (χ0n) is 15.1. The van der Waals surface area contributed by atoms with Crippen LogP contribution < -0.4 is 15.0 Å². The van der Waals surface area contributed by atoms with E-state index in [1.54, 1.807) is 35.1 Å². The van der Waals surface area contributed by atoms with Crippen LogP contribution in [0, 0.1) is 0 Å². The minimum atomic E-state index is -0.232. The molecule has 0 aliphatic carbocycles. The molecular weight excluding hydrogens is 334 g/mol. The predicted octanol–water partition coefficient (Wildman–Crippen LogP) is 2.16. The molecule has 3 rings (SSSR count). The highest BCUT2D eigenvalue weighted by molar-refractivity contribution is 5.99. The van der Waals surface area contributed by atoms with Gasteiger partial charge in [0.2, 0.25) is 17.7 Å². The molecule has 0 radical (unpaired) electrons. The fourth-order valence-corrected chi connectivity index (χ4v) is 3.46. The van der Waals surface area contributed by atoms with Gasteiger partial charge >= 0.3 is 0 Å². The first kappa shape index (κ1) is 18.2. The summed E-state index contributed by atoms with van der Waals surface area (Å²) < 4.78 is 5.36. The predicted molar refractivity (Wildman–Crippen MR) is 98.3 cm³/mol. The van der Waals surface area contributed by atoms with Crippen molar-refractivity contribution in [3.8, 4) is 5.75 Å². The van der Waals surface area contributed by atoms with E-state index in [9.17, 15) is 14.4 Å². The Morgan fingerprint density at radius 3 is 2.62 bits per heavy atom. The van der Waals surface area contributed by atoms with Crippen LogP contribution >= 0.6 is 0 Å². The lowest BCUT2D eigenvalue weighted by Crippen LogP contribution is -2.37. The summed E-state index contributed by atoms with van der Waals surface area (Å²) in [5, 5.41) is 2.83. The number of nitrogens with one attached hydrogen (secondary N) is 1. The number of carbonyl (C=O) groups excluding carboxylic acids is 3. The SMILES string of the molecule is COc1ccc(NC(=O)CN2CCCCCC2=O)cc1N1CCCC1=O. The van der Waals surface area contributed by atoms with E-state index < -0.39 is 0 Å². The van der Waals surface area contributed by atoms with Crippen LogP contribution in [0.5, 0.6) is 5.75 Å². The van der Waals surface area contributed by atoms with E-state index in [-0.39, 0.29) is 24.3 Å². The molecule has 0 atom stereocenters. The maximum Gasteiger partial charge on any atom is 0.243 e. The van der Waals surface area contributed by atoms with Crippen molar-refractivity contribution in [1.29, 1.82) is 0 Å². The first-order valence-electron chi connectivity index (χ1n) is 9.14. The van der Waals surface area contributed by atoms with Crippen molar-refractivity contribution in [2.24, 2.45) is 0 Å². The second-order valence-corrected chi connectivity index (χ2v) is 6.71. The maximum absolute atomic E-state index is 12.4. The van der Waals surface area contributed by atoms with E-state index in [0.717, 1.165) is 25.7 Å². The Labute approximate surface area is 153 Å². The van der Waals surface area contributed by atoms with Crippen LogP contribution in [0.2, 0.25) is 0 Å². The number of methoxy groups -OCH3 is 1. The number of nitrogens with zero attached hydrogens (tertiary/aromatic N) is 2. The smallest absolute Gasteiger partial charge is 0.243 e. The summed E-state index contributed by atoms with van der Waals surface area (Å²) in [6, 6.07) is 5.24. The number of carbonyl (C=O) groups is 3. The van der Waals surface area contributed by atoms with E-state index in [4.69, 9.17) is 4.74 Å². The third-order valence-electron chi connectivity index (χ3n) is 4.83. The Morgan fingerprint density at radius 1 is 1.08 bits per heavy atom. The molecular formula is C19H25N3O4. The average molecular weight is 359 g/mol. The van der Waals surface area contributed by atoms with E-state index in [0.29, 0.717) is 43.1 Å². The van der Waals surface area contributed by atoms with Crippen molar-refractivity contribution in [3.63, 3.8) is 0 Å². The van der Waals surface area contributed by atoms with E-state index in [1.165, 1.54) is 0 Å². The van der Waals surface area contributed by atoms with Gasteiger partial charge in [-0.3, -0.25) is 14.4 Å². The van der Waals surface area contributed by atoms with Gasteiger partial charge in [-0.25, -0.2) is 0 Å². The number of hydrogen-bond acceptors (Lipinski definition) is 4. The molecule has 3 amide bonds. The second kappa shape index (κ2) is 8.21. The lowest BCUT2D eigenvalue weighted by Gasteiger charge is -2.21. The molecule has 1 aromatic carbocycles. The van der Waals surface area contributed by atoms with E-state index in [1.807, 2.05) is 0 Å². The number of ether oxygens (including phenoxy) is 1. The molecule has 2 saturated heterocycles. The van der Waals surface area contributed by atoms with Crippen LogP contribution in [-0.4, -0.2) is 49.4 Å². The summed E-state index contributed by atoms with van der Waals surface area (Å²) in [6.07, 6.45) is 4.70. The van der Waals surface area contributed by atoms with Gasteiger partial charge in [-0.05, 0) is 37.5 Å². The van der Waals surface area contributed by atoms with Gasteiger partial charge in [0.1, 0.15) is 5.75 Å². The van der Waals surface area contributed by atoms with Crippen molar-refractivity contribution in [2.45, 2.75) is 38.5 Å². The summed E-state index contributed by atoms with van der Waals surface area (Å²) in [5.41, 5.74) is 1.26. The number of amides is 3. The number of hydrogen-bond donors (Lipinski definition) is 1.